The number of hydrogen-bond donors (Lipinski definition) is 1. The van der Waals surface area contributed by atoms with Gasteiger partial charge in [-0.25, -0.2) is 4.98 Å². The van der Waals surface area contributed by atoms with E-state index in [4.69, 9.17) is 0 Å². The molecule has 2 rings (SSSR count). The van der Waals surface area contributed by atoms with Crippen molar-refractivity contribution in [2.75, 3.05) is 0 Å². The Balaban J connectivity index is 2.53. The topological polar surface area (TPSA) is 38.0 Å². The summed E-state index contributed by atoms with van der Waals surface area (Å²) in [5.41, 5.74) is 1.96. The minimum atomic E-state index is -0.419. The van der Waals surface area contributed by atoms with Crippen LogP contribution in [-0.2, 0) is 0 Å². The van der Waals surface area contributed by atoms with Gasteiger partial charge in [-0.1, -0.05) is 25.1 Å². The van der Waals surface area contributed by atoms with Crippen molar-refractivity contribution in [3.05, 3.63) is 48.0 Å². The summed E-state index contributed by atoms with van der Waals surface area (Å²) in [6.45, 7) is 3.93. The Morgan fingerprint density at radius 1 is 1.38 bits per heavy atom. The standard InChI is InChI=1S/C13H16N2O/c1-3-13(16)11-6-4-5-7-12(11)15-9-8-14-10(15)2/h4-9,13,16H,3H2,1-2H3/t13-/m0/s1. The van der Waals surface area contributed by atoms with E-state index < -0.39 is 6.10 Å². The van der Waals surface area contributed by atoms with Crippen LogP contribution in [0.3, 0.4) is 0 Å². The molecule has 2 aromatic rings. The zero-order valence-electron chi connectivity index (χ0n) is 9.59. The molecule has 1 aromatic heterocycles. The highest BCUT2D eigenvalue weighted by molar-refractivity contribution is 5.43. The number of rotatable bonds is 3. The monoisotopic (exact) mass is 216 g/mol. The van der Waals surface area contributed by atoms with E-state index in [1.165, 1.54) is 0 Å². The van der Waals surface area contributed by atoms with Gasteiger partial charge in [-0.15, -0.1) is 0 Å². The number of hydrogen-bond acceptors (Lipinski definition) is 2. The van der Waals surface area contributed by atoms with Gasteiger partial charge in [0.05, 0.1) is 11.8 Å². The number of nitrogens with zero attached hydrogens (tertiary/aromatic N) is 2. The first-order chi connectivity index (χ1) is 7.74. The molecule has 0 saturated heterocycles. The van der Waals surface area contributed by atoms with Crippen molar-refractivity contribution in [2.24, 2.45) is 0 Å². The Hall–Kier alpha value is -1.61. The molecule has 1 N–H and O–H groups in total. The molecule has 0 radical (unpaired) electrons. The van der Waals surface area contributed by atoms with E-state index in [1.807, 2.05) is 48.9 Å². The molecular weight excluding hydrogens is 200 g/mol. The van der Waals surface area contributed by atoms with Crippen LogP contribution in [0.15, 0.2) is 36.7 Å². The van der Waals surface area contributed by atoms with Crippen molar-refractivity contribution < 1.29 is 5.11 Å². The molecule has 1 aromatic carbocycles. The first kappa shape index (κ1) is 10.9. The first-order valence-electron chi connectivity index (χ1n) is 5.51. The molecule has 0 unspecified atom stereocenters. The van der Waals surface area contributed by atoms with E-state index >= 15 is 0 Å². The molecule has 3 nitrogen and oxygen atoms in total. The molecule has 1 heterocycles. The number of aliphatic hydroxyl groups excluding tert-OH is 1. The quantitative estimate of drug-likeness (QED) is 0.856. The van der Waals surface area contributed by atoms with Crippen molar-refractivity contribution in [1.29, 1.82) is 0 Å². The Kier molecular flexibility index (Phi) is 3.06. The molecule has 84 valence electrons. The van der Waals surface area contributed by atoms with E-state index in [9.17, 15) is 5.11 Å². The van der Waals surface area contributed by atoms with E-state index in [2.05, 4.69) is 4.98 Å². The van der Waals surface area contributed by atoms with Crippen LogP contribution in [0.2, 0.25) is 0 Å². The molecule has 0 aliphatic rings. The largest absolute Gasteiger partial charge is 0.388 e. The maximum absolute atomic E-state index is 9.97. The van der Waals surface area contributed by atoms with Gasteiger partial charge in [-0.3, -0.25) is 0 Å². The third-order valence-corrected chi connectivity index (χ3v) is 2.77. The maximum Gasteiger partial charge on any atom is 0.110 e. The average Bonchev–Trinajstić information content (AvgIpc) is 2.74. The van der Waals surface area contributed by atoms with Crippen LogP contribution in [0.1, 0.15) is 30.8 Å². The van der Waals surface area contributed by atoms with Crippen LogP contribution in [0.4, 0.5) is 0 Å². The smallest absolute Gasteiger partial charge is 0.110 e. The van der Waals surface area contributed by atoms with Crippen molar-refractivity contribution in [3.8, 4) is 5.69 Å². The fourth-order valence-corrected chi connectivity index (χ4v) is 1.84. The van der Waals surface area contributed by atoms with Gasteiger partial charge in [0, 0.05) is 18.0 Å². The molecule has 1 atom stereocenters. The van der Waals surface area contributed by atoms with Gasteiger partial charge in [0.25, 0.3) is 0 Å². The predicted molar refractivity (Wildman–Crippen MR) is 63.6 cm³/mol. The van der Waals surface area contributed by atoms with E-state index in [1.54, 1.807) is 6.20 Å². The maximum atomic E-state index is 9.97. The molecular formula is C13H16N2O. The number of aromatic nitrogens is 2. The minimum absolute atomic E-state index is 0.419. The molecule has 0 saturated carbocycles. The third-order valence-electron chi connectivity index (χ3n) is 2.77. The Morgan fingerprint density at radius 2 is 2.12 bits per heavy atom. The van der Waals surface area contributed by atoms with Gasteiger partial charge in [0.1, 0.15) is 5.82 Å². The number of para-hydroxylation sites is 1. The second-order valence-electron chi connectivity index (χ2n) is 3.83. The fourth-order valence-electron chi connectivity index (χ4n) is 1.84. The van der Waals surface area contributed by atoms with Crippen molar-refractivity contribution >= 4 is 0 Å². The van der Waals surface area contributed by atoms with Crippen molar-refractivity contribution in [2.45, 2.75) is 26.4 Å². The summed E-state index contributed by atoms with van der Waals surface area (Å²) in [7, 11) is 0. The summed E-state index contributed by atoms with van der Waals surface area (Å²) >= 11 is 0. The number of imidazole rings is 1. The number of aliphatic hydroxyl groups is 1. The van der Waals surface area contributed by atoms with Crippen molar-refractivity contribution in [1.82, 2.24) is 9.55 Å². The summed E-state index contributed by atoms with van der Waals surface area (Å²) in [6, 6.07) is 7.89. The molecule has 3 heteroatoms. The van der Waals surface area contributed by atoms with E-state index in [0.29, 0.717) is 6.42 Å². The summed E-state index contributed by atoms with van der Waals surface area (Å²) in [5.74, 6) is 0.927. The normalized spacial score (nSPS) is 12.7. The minimum Gasteiger partial charge on any atom is -0.388 e. The highest BCUT2D eigenvalue weighted by Crippen LogP contribution is 2.24. The lowest BCUT2D eigenvalue weighted by molar-refractivity contribution is 0.173. The summed E-state index contributed by atoms with van der Waals surface area (Å²) in [4.78, 5) is 4.20. The van der Waals surface area contributed by atoms with Crippen LogP contribution in [-0.4, -0.2) is 14.7 Å². The van der Waals surface area contributed by atoms with Gasteiger partial charge in [0.2, 0.25) is 0 Å². The van der Waals surface area contributed by atoms with Gasteiger partial charge in [-0.2, -0.15) is 0 Å². The number of aryl methyl sites for hydroxylation is 1. The van der Waals surface area contributed by atoms with Crippen LogP contribution < -0.4 is 0 Å². The zero-order valence-corrected chi connectivity index (χ0v) is 9.59. The molecule has 0 fully saturated rings. The van der Waals surface area contributed by atoms with Gasteiger partial charge in [-0.05, 0) is 19.4 Å². The van der Waals surface area contributed by atoms with Crippen LogP contribution in [0.5, 0.6) is 0 Å². The fraction of sp³-hybridized carbons (Fsp3) is 0.308. The lowest BCUT2D eigenvalue weighted by Crippen LogP contribution is -2.04. The first-order valence-corrected chi connectivity index (χ1v) is 5.51. The van der Waals surface area contributed by atoms with E-state index in [-0.39, 0.29) is 0 Å². The lowest BCUT2D eigenvalue weighted by Gasteiger charge is -2.15. The molecule has 0 aliphatic carbocycles. The van der Waals surface area contributed by atoms with Gasteiger partial charge >= 0.3 is 0 Å². The van der Waals surface area contributed by atoms with Crippen LogP contribution >= 0.6 is 0 Å². The predicted octanol–water partition coefficient (Wildman–Crippen LogP) is 2.62. The third kappa shape index (κ3) is 1.86. The molecule has 0 bridgehead atoms. The summed E-state index contributed by atoms with van der Waals surface area (Å²) < 4.78 is 1.99. The zero-order chi connectivity index (χ0) is 11.5. The number of benzene rings is 1. The highest BCUT2D eigenvalue weighted by atomic mass is 16.3. The Bertz CT molecular complexity index is 476. The van der Waals surface area contributed by atoms with Crippen molar-refractivity contribution in [3.63, 3.8) is 0 Å². The second-order valence-corrected chi connectivity index (χ2v) is 3.83. The lowest BCUT2D eigenvalue weighted by atomic mass is 10.1. The molecule has 0 spiro atoms. The Labute approximate surface area is 95.4 Å². The Morgan fingerprint density at radius 3 is 2.75 bits per heavy atom. The van der Waals surface area contributed by atoms with Gasteiger partial charge < -0.3 is 9.67 Å². The second kappa shape index (κ2) is 4.49. The molecule has 0 aliphatic heterocycles. The summed E-state index contributed by atoms with van der Waals surface area (Å²) in [6.07, 6.45) is 3.98. The van der Waals surface area contributed by atoms with Crippen LogP contribution in [0.25, 0.3) is 5.69 Å². The van der Waals surface area contributed by atoms with Crippen LogP contribution in [0, 0.1) is 6.92 Å². The van der Waals surface area contributed by atoms with Gasteiger partial charge in [0.15, 0.2) is 0 Å². The average molecular weight is 216 g/mol. The highest BCUT2D eigenvalue weighted by Gasteiger charge is 2.12. The molecule has 16 heavy (non-hydrogen) atoms. The summed E-state index contributed by atoms with van der Waals surface area (Å²) in [5, 5.41) is 9.97. The SMILES string of the molecule is CC[C@H](O)c1ccccc1-n1ccnc1C. The molecule has 0 amide bonds. The van der Waals surface area contributed by atoms with E-state index in [0.717, 1.165) is 17.1 Å².